The Morgan fingerprint density at radius 2 is 1.41 bits per heavy atom. The first-order valence-corrected chi connectivity index (χ1v) is 13.9. The molecule has 9 atom stereocenters. The van der Waals surface area contributed by atoms with Crippen molar-refractivity contribution < 1.29 is 23.7 Å². The molecule has 0 bridgehead atoms. The normalized spacial score (nSPS) is 29.6. The van der Waals surface area contributed by atoms with Gasteiger partial charge < -0.3 is 23.7 Å². The number of benzene rings is 2. The molecule has 0 aromatic heterocycles. The van der Waals surface area contributed by atoms with Gasteiger partial charge in [-0.3, -0.25) is 0 Å². The largest absolute Gasteiger partial charge is 0.374 e. The topological polar surface area (TPSA) is 241 Å². The van der Waals surface area contributed by atoms with Gasteiger partial charge in [0.15, 0.2) is 6.29 Å². The lowest BCUT2D eigenvalue weighted by Gasteiger charge is -2.46. The number of rotatable bonds is 14. The first-order valence-electron chi connectivity index (χ1n) is 13.9. The van der Waals surface area contributed by atoms with Crippen molar-refractivity contribution in [1.82, 2.24) is 0 Å². The van der Waals surface area contributed by atoms with E-state index in [0.717, 1.165) is 11.1 Å². The second-order valence-corrected chi connectivity index (χ2v) is 10.2. The molecule has 2 aromatic carbocycles. The summed E-state index contributed by atoms with van der Waals surface area (Å²) in [6, 6.07) is 16.2. The zero-order valence-electron chi connectivity index (χ0n) is 23.9. The zero-order chi connectivity index (χ0) is 31.1. The van der Waals surface area contributed by atoms with Gasteiger partial charge >= 0.3 is 0 Å². The van der Waals surface area contributed by atoms with E-state index in [-0.39, 0.29) is 32.8 Å². The lowest BCUT2D eigenvalue weighted by Crippen LogP contribution is -2.60. The summed E-state index contributed by atoms with van der Waals surface area (Å²) < 4.78 is 30.9. The van der Waals surface area contributed by atoms with Crippen molar-refractivity contribution in [3.8, 4) is 0 Å². The van der Waals surface area contributed by atoms with Crippen LogP contribution in [0.4, 0.5) is 0 Å². The summed E-state index contributed by atoms with van der Waals surface area (Å²) in [5.74, 6) is 0. The fourth-order valence-electron chi connectivity index (χ4n) is 5.20. The Balaban J connectivity index is 1.63. The van der Waals surface area contributed by atoms with Gasteiger partial charge in [-0.25, -0.2) is 0 Å². The van der Waals surface area contributed by atoms with Gasteiger partial charge in [0.1, 0.15) is 6.10 Å². The van der Waals surface area contributed by atoms with Crippen molar-refractivity contribution in [2.24, 2.45) is 20.5 Å². The highest BCUT2D eigenvalue weighted by Crippen LogP contribution is 2.34. The van der Waals surface area contributed by atoms with Crippen LogP contribution in [0, 0.1) is 0 Å². The Morgan fingerprint density at radius 1 is 0.773 bits per heavy atom. The monoisotopic (exact) mass is 604 g/mol. The molecular weight excluding hydrogens is 572 g/mol. The van der Waals surface area contributed by atoms with Crippen LogP contribution in [0.3, 0.4) is 0 Å². The number of azide groups is 4. The second kappa shape index (κ2) is 16.9. The van der Waals surface area contributed by atoms with Crippen molar-refractivity contribution in [1.29, 1.82) is 0 Å². The molecule has 2 heterocycles. The molecule has 0 N–H and O–H groups in total. The molecule has 0 amide bonds. The average molecular weight is 605 g/mol. The van der Waals surface area contributed by atoms with Gasteiger partial charge in [0.05, 0.1) is 68.9 Å². The molecule has 1 unspecified atom stereocenters. The van der Waals surface area contributed by atoms with Crippen LogP contribution in [0.15, 0.2) is 81.1 Å². The summed E-state index contributed by atoms with van der Waals surface area (Å²) in [7, 11) is 0. The summed E-state index contributed by atoms with van der Waals surface area (Å²) in [5, 5.41) is 15.3. The molecule has 0 saturated carbocycles. The molecule has 17 nitrogen and oxygen atoms in total. The predicted molar refractivity (Wildman–Crippen MR) is 156 cm³/mol. The minimum Gasteiger partial charge on any atom is -0.374 e. The third-order valence-electron chi connectivity index (χ3n) is 7.34. The van der Waals surface area contributed by atoms with Crippen LogP contribution in [-0.2, 0) is 36.9 Å². The summed E-state index contributed by atoms with van der Waals surface area (Å²) in [5.41, 5.74) is 38.8. The van der Waals surface area contributed by atoms with Crippen molar-refractivity contribution in [2.45, 2.75) is 81.5 Å². The molecule has 0 spiro atoms. The van der Waals surface area contributed by atoms with Gasteiger partial charge in [0.25, 0.3) is 0 Å². The van der Waals surface area contributed by atoms with Gasteiger partial charge in [-0.15, -0.1) is 0 Å². The van der Waals surface area contributed by atoms with E-state index >= 15 is 0 Å². The van der Waals surface area contributed by atoms with Gasteiger partial charge in [0.2, 0.25) is 0 Å². The van der Waals surface area contributed by atoms with E-state index in [9.17, 15) is 11.1 Å². The van der Waals surface area contributed by atoms with E-state index in [0.29, 0.717) is 0 Å². The van der Waals surface area contributed by atoms with E-state index < -0.39 is 54.9 Å². The van der Waals surface area contributed by atoms with Crippen LogP contribution in [0.1, 0.15) is 24.5 Å². The van der Waals surface area contributed by atoms with Crippen LogP contribution < -0.4 is 0 Å². The highest BCUT2D eigenvalue weighted by molar-refractivity contribution is 5.14. The number of hydrogen-bond donors (Lipinski definition) is 0. The maximum Gasteiger partial charge on any atom is 0.167 e. The maximum absolute atomic E-state index is 9.53. The number of ether oxygens (including phenoxy) is 5. The zero-order valence-corrected chi connectivity index (χ0v) is 23.9. The highest BCUT2D eigenvalue weighted by Gasteiger charge is 2.49. The molecule has 2 saturated heterocycles. The molecule has 230 valence electrons. The molecule has 44 heavy (non-hydrogen) atoms. The van der Waals surface area contributed by atoms with E-state index in [2.05, 4.69) is 40.1 Å². The molecule has 0 radical (unpaired) electrons. The Bertz CT molecular complexity index is 1390. The maximum atomic E-state index is 9.53. The van der Waals surface area contributed by atoms with E-state index in [4.69, 9.17) is 34.7 Å². The van der Waals surface area contributed by atoms with E-state index in [1.165, 1.54) is 0 Å². The third-order valence-corrected chi connectivity index (χ3v) is 7.34. The van der Waals surface area contributed by atoms with Crippen LogP contribution in [0.25, 0.3) is 41.8 Å². The first-order chi connectivity index (χ1) is 21.6. The molecule has 2 aliphatic rings. The number of hydrogen-bond acceptors (Lipinski definition) is 9. The smallest absolute Gasteiger partial charge is 0.167 e. The SMILES string of the molecule is C[C@@H]1O[C@H](CN=[N+]=[N-])[C@@H](OC2O[C@H](COCc3ccccc3)[C@@H](OCc3ccccc3)[C@H](N=[N+]=[N-])[C@H]2N=[N+]=[N-])C[C@H]1N=[N+]=[N-]. The Hall–Kier alpha value is -4.52. The van der Waals surface area contributed by atoms with Crippen molar-refractivity contribution in [2.75, 3.05) is 13.2 Å². The van der Waals surface area contributed by atoms with E-state index in [1.54, 1.807) is 6.92 Å². The molecule has 0 aliphatic carbocycles. The molecule has 17 heteroatoms. The third kappa shape index (κ3) is 8.75. The standard InChI is InChI=1S/C27H32N12O5/c1-17-20(33-37-29)12-21(22(42-17)13-32-36-28)43-27-25(35-39-31)24(34-38-30)26(41-15-19-10-6-3-7-11-19)23(44-27)16-40-14-18-8-4-2-5-9-18/h2-11,17,20-27H,12-16H2,1H3/t17-,20+,21-,22+,23+,24+,25+,26+,27?/m0/s1. The highest BCUT2D eigenvalue weighted by atomic mass is 16.7. The fourth-order valence-corrected chi connectivity index (χ4v) is 5.20. The molecule has 2 aliphatic heterocycles. The summed E-state index contributed by atoms with van der Waals surface area (Å²) in [6.07, 6.45) is -4.74. The Labute approximate surface area is 252 Å². The van der Waals surface area contributed by atoms with Crippen molar-refractivity contribution in [3.05, 3.63) is 114 Å². The second-order valence-electron chi connectivity index (χ2n) is 10.2. The van der Waals surface area contributed by atoms with Crippen LogP contribution in [0.5, 0.6) is 0 Å². The van der Waals surface area contributed by atoms with Crippen molar-refractivity contribution >= 4 is 0 Å². The predicted octanol–water partition coefficient (Wildman–Crippen LogP) is 6.42. The van der Waals surface area contributed by atoms with Crippen molar-refractivity contribution in [3.63, 3.8) is 0 Å². The lowest BCUT2D eigenvalue weighted by molar-refractivity contribution is -0.285. The van der Waals surface area contributed by atoms with Crippen LogP contribution in [-0.4, -0.2) is 68.1 Å². The number of nitrogens with zero attached hydrogens (tertiary/aromatic N) is 12. The summed E-state index contributed by atoms with van der Waals surface area (Å²) in [6.45, 7) is 2.13. The molecule has 2 aromatic rings. The summed E-state index contributed by atoms with van der Waals surface area (Å²) in [4.78, 5) is 11.7. The van der Waals surface area contributed by atoms with Gasteiger partial charge in [-0.1, -0.05) is 81.1 Å². The van der Waals surface area contributed by atoms with Gasteiger partial charge in [-0.2, -0.15) is 0 Å². The van der Waals surface area contributed by atoms with Crippen LogP contribution in [0.2, 0.25) is 0 Å². The Kier molecular flexibility index (Phi) is 12.5. The minimum atomic E-state index is -1.24. The Morgan fingerprint density at radius 3 is 2.05 bits per heavy atom. The first kappa shape index (κ1) is 32.4. The fraction of sp³-hybridized carbons (Fsp3) is 0.556. The molecular formula is C27H32N12O5. The average Bonchev–Trinajstić information content (AvgIpc) is 3.04. The minimum absolute atomic E-state index is 0.0242. The molecule has 2 fully saturated rings. The van der Waals surface area contributed by atoms with E-state index in [1.807, 2.05) is 60.7 Å². The van der Waals surface area contributed by atoms with Gasteiger partial charge in [0, 0.05) is 19.6 Å². The van der Waals surface area contributed by atoms with Crippen LogP contribution >= 0.6 is 0 Å². The van der Waals surface area contributed by atoms with Gasteiger partial charge in [-0.05, 0) is 46.6 Å². The quantitative estimate of drug-likeness (QED) is 0.134. The summed E-state index contributed by atoms with van der Waals surface area (Å²) >= 11 is 0. The molecule has 4 rings (SSSR count). The lowest BCUT2D eigenvalue weighted by atomic mass is 9.94.